The number of rotatable bonds is 7. The fourth-order valence-corrected chi connectivity index (χ4v) is 1.99. The van der Waals surface area contributed by atoms with Crippen LogP contribution in [-0.2, 0) is 16.0 Å². The number of halogens is 1. The zero-order valence-electron chi connectivity index (χ0n) is 9.99. The zero-order chi connectivity index (χ0) is 13.4. The molecule has 2 N–H and O–H groups in total. The summed E-state index contributed by atoms with van der Waals surface area (Å²) in [5, 5.41) is 11.2. The Morgan fingerprint density at radius 1 is 1.22 bits per heavy atom. The first-order valence-corrected chi connectivity index (χ1v) is 6.61. The van der Waals surface area contributed by atoms with Gasteiger partial charge in [0.15, 0.2) is 0 Å². The summed E-state index contributed by atoms with van der Waals surface area (Å²) in [5.41, 5.74) is 1.10. The Morgan fingerprint density at radius 3 is 2.61 bits per heavy atom. The first kappa shape index (κ1) is 14.7. The Bertz CT molecular complexity index is 420. The van der Waals surface area contributed by atoms with Gasteiger partial charge in [0.1, 0.15) is 0 Å². The van der Waals surface area contributed by atoms with Crippen molar-refractivity contribution in [3.63, 3.8) is 0 Å². The van der Waals surface area contributed by atoms with Gasteiger partial charge >= 0.3 is 5.97 Å². The molecule has 1 amide bonds. The van der Waals surface area contributed by atoms with Gasteiger partial charge in [0.25, 0.3) is 0 Å². The maximum atomic E-state index is 11.5. The summed E-state index contributed by atoms with van der Waals surface area (Å²) in [7, 11) is 0. The number of benzene rings is 1. The monoisotopic (exact) mass is 313 g/mol. The van der Waals surface area contributed by atoms with Gasteiger partial charge in [0.05, 0.1) is 0 Å². The van der Waals surface area contributed by atoms with Crippen molar-refractivity contribution >= 4 is 27.8 Å². The molecular weight excluding hydrogens is 298 g/mol. The fraction of sp³-hybridized carbons (Fsp3) is 0.385. The molecule has 1 aromatic carbocycles. The summed E-state index contributed by atoms with van der Waals surface area (Å²) in [6, 6.07) is 7.78. The second kappa shape index (κ2) is 7.87. The van der Waals surface area contributed by atoms with Crippen molar-refractivity contribution in [3.05, 3.63) is 34.3 Å². The van der Waals surface area contributed by atoms with Crippen LogP contribution in [0.25, 0.3) is 0 Å². The van der Waals surface area contributed by atoms with E-state index in [1.807, 2.05) is 24.3 Å². The van der Waals surface area contributed by atoms with Crippen molar-refractivity contribution in [2.75, 3.05) is 6.54 Å². The molecule has 0 aliphatic heterocycles. The minimum atomic E-state index is -0.836. The summed E-state index contributed by atoms with van der Waals surface area (Å²) < 4.78 is 1.00. The van der Waals surface area contributed by atoms with Crippen LogP contribution in [-0.4, -0.2) is 23.5 Å². The van der Waals surface area contributed by atoms with Gasteiger partial charge in [-0.05, 0) is 24.5 Å². The topological polar surface area (TPSA) is 66.4 Å². The first-order valence-electron chi connectivity index (χ1n) is 5.81. The van der Waals surface area contributed by atoms with Crippen LogP contribution in [0.2, 0.25) is 0 Å². The predicted molar refractivity (Wildman–Crippen MR) is 72.3 cm³/mol. The number of hydrogen-bond donors (Lipinski definition) is 2. The Hall–Kier alpha value is -1.36. The van der Waals surface area contributed by atoms with Gasteiger partial charge in [-0.1, -0.05) is 34.1 Å². The van der Waals surface area contributed by atoms with Gasteiger partial charge in [0.2, 0.25) is 5.91 Å². The molecule has 0 heterocycles. The van der Waals surface area contributed by atoms with E-state index >= 15 is 0 Å². The molecule has 1 aromatic rings. The van der Waals surface area contributed by atoms with Crippen molar-refractivity contribution in [2.45, 2.75) is 25.7 Å². The molecule has 4 nitrogen and oxygen atoms in total. The number of nitrogens with one attached hydrogen (secondary N) is 1. The third-order valence-electron chi connectivity index (χ3n) is 2.47. The van der Waals surface area contributed by atoms with Crippen LogP contribution >= 0.6 is 15.9 Å². The lowest BCUT2D eigenvalue weighted by molar-refractivity contribution is -0.137. The number of hydrogen-bond acceptors (Lipinski definition) is 2. The lowest BCUT2D eigenvalue weighted by Crippen LogP contribution is -2.25. The summed E-state index contributed by atoms with van der Waals surface area (Å²) in [6.07, 6.45) is 1.64. The molecule has 0 spiro atoms. The third kappa shape index (κ3) is 5.82. The molecule has 0 fully saturated rings. The normalized spacial score (nSPS) is 10.1. The van der Waals surface area contributed by atoms with Crippen LogP contribution in [0.15, 0.2) is 28.7 Å². The number of carboxylic acids is 1. The molecule has 0 atom stereocenters. The first-order chi connectivity index (χ1) is 8.59. The van der Waals surface area contributed by atoms with Gasteiger partial charge in [-0.3, -0.25) is 9.59 Å². The number of carboxylic acid groups (broad SMARTS) is 1. The number of aliphatic carboxylic acids is 1. The molecule has 0 aliphatic carbocycles. The second-order valence-corrected chi connectivity index (χ2v) is 4.79. The van der Waals surface area contributed by atoms with Crippen molar-refractivity contribution in [1.29, 1.82) is 0 Å². The minimum Gasteiger partial charge on any atom is -0.481 e. The van der Waals surface area contributed by atoms with Crippen LogP contribution in [0.3, 0.4) is 0 Å². The standard InChI is InChI=1S/C13H16BrNO3/c14-11-5-2-1-4-10(11)7-8-12(16)15-9-3-6-13(17)18/h1-2,4-5H,3,6-9H2,(H,15,16)(H,17,18). The molecule has 0 unspecified atom stereocenters. The highest BCUT2D eigenvalue weighted by Crippen LogP contribution is 2.17. The molecule has 18 heavy (non-hydrogen) atoms. The van der Waals surface area contributed by atoms with Crippen molar-refractivity contribution in [2.24, 2.45) is 0 Å². The maximum absolute atomic E-state index is 11.5. The Labute approximate surface area is 115 Å². The fourth-order valence-electron chi connectivity index (χ4n) is 1.51. The summed E-state index contributed by atoms with van der Waals surface area (Å²) in [4.78, 5) is 21.8. The molecule has 5 heteroatoms. The summed E-state index contributed by atoms with van der Waals surface area (Å²) in [6.45, 7) is 0.418. The molecule has 0 bridgehead atoms. The van der Waals surface area contributed by atoms with Crippen LogP contribution in [0.1, 0.15) is 24.8 Å². The Kier molecular flexibility index (Phi) is 6.43. The molecular formula is C13H16BrNO3. The zero-order valence-corrected chi connectivity index (χ0v) is 11.6. The van der Waals surface area contributed by atoms with E-state index in [2.05, 4.69) is 21.2 Å². The van der Waals surface area contributed by atoms with Crippen molar-refractivity contribution in [1.82, 2.24) is 5.32 Å². The van der Waals surface area contributed by atoms with E-state index in [0.29, 0.717) is 25.8 Å². The largest absolute Gasteiger partial charge is 0.481 e. The maximum Gasteiger partial charge on any atom is 0.303 e. The van der Waals surface area contributed by atoms with Gasteiger partial charge in [-0.2, -0.15) is 0 Å². The lowest BCUT2D eigenvalue weighted by atomic mass is 10.1. The molecule has 0 saturated carbocycles. The van der Waals surface area contributed by atoms with Crippen molar-refractivity contribution < 1.29 is 14.7 Å². The summed E-state index contributed by atoms with van der Waals surface area (Å²) in [5.74, 6) is -0.881. The highest BCUT2D eigenvalue weighted by Gasteiger charge is 2.04. The van der Waals surface area contributed by atoms with E-state index in [1.165, 1.54) is 0 Å². The number of aryl methyl sites for hydroxylation is 1. The van der Waals surface area contributed by atoms with E-state index in [0.717, 1.165) is 10.0 Å². The average Bonchev–Trinajstić information content (AvgIpc) is 2.33. The smallest absolute Gasteiger partial charge is 0.303 e. The predicted octanol–water partition coefficient (Wildman–Crippen LogP) is 2.36. The highest BCUT2D eigenvalue weighted by molar-refractivity contribution is 9.10. The molecule has 0 radical (unpaired) electrons. The van der Waals surface area contributed by atoms with Gasteiger partial charge in [-0.25, -0.2) is 0 Å². The van der Waals surface area contributed by atoms with Crippen LogP contribution in [0.4, 0.5) is 0 Å². The third-order valence-corrected chi connectivity index (χ3v) is 3.24. The van der Waals surface area contributed by atoms with Gasteiger partial charge in [0, 0.05) is 23.9 Å². The molecule has 0 saturated heterocycles. The summed E-state index contributed by atoms with van der Waals surface area (Å²) >= 11 is 3.43. The quantitative estimate of drug-likeness (QED) is 0.759. The van der Waals surface area contributed by atoms with E-state index < -0.39 is 5.97 Å². The number of carbonyl (C=O) groups excluding carboxylic acids is 1. The number of carbonyl (C=O) groups is 2. The second-order valence-electron chi connectivity index (χ2n) is 3.94. The van der Waals surface area contributed by atoms with E-state index in [4.69, 9.17) is 5.11 Å². The molecule has 98 valence electrons. The molecule has 0 aliphatic rings. The van der Waals surface area contributed by atoms with Crippen LogP contribution in [0.5, 0.6) is 0 Å². The van der Waals surface area contributed by atoms with Crippen LogP contribution in [0, 0.1) is 0 Å². The highest BCUT2D eigenvalue weighted by atomic mass is 79.9. The Morgan fingerprint density at radius 2 is 1.94 bits per heavy atom. The number of amides is 1. The van der Waals surface area contributed by atoms with E-state index in [-0.39, 0.29) is 12.3 Å². The van der Waals surface area contributed by atoms with Crippen LogP contribution < -0.4 is 5.32 Å². The molecule has 1 rings (SSSR count). The average molecular weight is 314 g/mol. The minimum absolute atomic E-state index is 0.0452. The van der Waals surface area contributed by atoms with E-state index in [9.17, 15) is 9.59 Å². The van der Waals surface area contributed by atoms with E-state index in [1.54, 1.807) is 0 Å². The van der Waals surface area contributed by atoms with Gasteiger partial charge in [-0.15, -0.1) is 0 Å². The Balaban J connectivity index is 2.21. The van der Waals surface area contributed by atoms with Gasteiger partial charge < -0.3 is 10.4 Å². The van der Waals surface area contributed by atoms with Crippen molar-refractivity contribution in [3.8, 4) is 0 Å². The lowest BCUT2D eigenvalue weighted by Gasteiger charge is -2.05. The SMILES string of the molecule is O=C(O)CCCNC(=O)CCc1ccccc1Br. The molecule has 0 aromatic heterocycles.